The van der Waals surface area contributed by atoms with Crippen molar-refractivity contribution in [1.29, 1.82) is 5.26 Å². The smallest absolute Gasteiger partial charge is 0.263 e. The molecule has 0 fully saturated rings. The Morgan fingerprint density at radius 2 is 1.93 bits per heavy atom. The second-order valence-corrected chi connectivity index (χ2v) is 6.34. The Bertz CT molecular complexity index is 982. The molecule has 1 atom stereocenters. The lowest BCUT2D eigenvalue weighted by molar-refractivity contribution is -0.117. The lowest BCUT2D eigenvalue weighted by Crippen LogP contribution is -2.28. The van der Waals surface area contributed by atoms with Gasteiger partial charge in [-0.1, -0.05) is 48.5 Å². The summed E-state index contributed by atoms with van der Waals surface area (Å²) in [6.07, 6.45) is 4.28. The monoisotopic (exact) mass is 358 g/mol. The van der Waals surface area contributed by atoms with Gasteiger partial charge in [-0.15, -0.1) is 0 Å². The van der Waals surface area contributed by atoms with Gasteiger partial charge in [-0.2, -0.15) is 5.26 Å². The van der Waals surface area contributed by atoms with Crippen molar-refractivity contribution >= 4 is 16.8 Å². The predicted molar refractivity (Wildman–Crippen MR) is 107 cm³/mol. The Balaban J connectivity index is 1.55. The molecule has 27 heavy (non-hydrogen) atoms. The molecule has 5 heteroatoms. The van der Waals surface area contributed by atoms with Gasteiger partial charge in [0.05, 0.1) is 6.04 Å². The van der Waals surface area contributed by atoms with Crippen molar-refractivity contribution in [2.24, 2.45) is 0 Å². The summed E-state index contributed by atoms with van der Waals surface area (Å²) < 4.78 is 0. The summed E-state index contributed by atoms with van der Waals surface area (Å²) in [5, 5.41) is 16.4. The predicted octanol–water partition coefficient (Wildman–Crippen LogP) is 3.58. The summed E-state index contributed by atoms with van der Waals surface area (Å²) in [4.78, 5) is 15.6. The minimum Gasteiger partial charge on any atom is -0.389 e. The Morgan fingerprint density at radius 1 is 1.19 bits per heavy atom. The van der Waals surface area contributed by atoms with E-state index in [1.165, 1.54) is 17.1 Å². The van der Waals surface area contributed by atoms with Crippen LogP contribution in [-0.4, -0.2) is 17.4 Å². The first-order chi connectivity index (χ1) is 13.2. The van der Waals surface area contributed by atoms with Crippen LogP contribution in [0, 0.1) is 11.3 Å². The number of aromatic nitrogens is 1. The summed E-state index contributed by atoms with van der Waals surface area (Å²) >= 11 is 0. The molecule has 0 aliphatic heterocycles. The van der Waals surface area contributed by atoms with Crippen LogP contribution in [0.4, 0.5) is 0 Å². The third-order valence-corrected chi connectivity index (χ3v) is 4.47. The number of nitrogens with zero attached hydrogens (tertiary/aromatic N) is 1. The van der Waals surface area contributed by atoms with Crippen molar-refractivity contribution in [2.75, 3.05) is 6.54 Å². The van der Waals surface area contributed by atoms with E-state index in [2.05, 4.69) is 21.7 Å². The molecule has 0 bridgehead atoms. The van der Waals surface area contributed by atoms with Gasteiger partial charge in [-0.05, 0) is 30.5 Å². The maximum atomic E-state index is 12.3. The van der Waals surface area contributed by atoms with E-state index in [9.17, 15) is 10.1 Å². The highest BCUT2D eigenvalue weighted by molar-refractivity contribution is 5.97. The van der Waals surface area contributed by atoms with Gasteiger partial charge >= 0.3 is 0 Å². The van der Waals surface area contributed by atoms with Crippen molar-refractivity contribution in [3.63, 3.8) is 0 Å². The summed E-state index contributed by atoms with van der Waals surface area (Å²) in [5.74, 6) is -0.381. The van der Waals surface area contributed by atoms with Crippen molar-refractivity contribution in [1.82, 2.24) is 15.6 Å². The number of fused-ring (bicyclic) bond motifs is 1. The summed E-state index contributed by atoms with van der Waals surface area (Å²) in [6, 6.07) is 19.6. The molecule has 1 heterocycles. The van der Waals surface area contributed by atoms with E-state index in [1.807, 2.05) is 67.7 Å². The van der Waals surface area contributed by atoms with E-state index in [4.69, 9.17) is 0 Å². The maximum absolute atomic E-state index is 12.3. The fraction of sp³-hybridized carbons (Fsp3) is 0.182. The number of para-hydroxylation sites is 1. The van der Waals surface area contributed by atoms with Gasteiger partial charge in [0.25, 0.3) is 5.91 Å². The van der Waals surface area contributed by atoms with Crippen LogP contribution in [0.1, 0.15) is 24.1 Å². The quantitative estimate of drug-likeness (QED) is 0.343. The second-order valence-electron chi connectivity index (χ2n) is 6.34. The molecule has 5 nitrogen and oxygen atoms in total. The Hall–Kier alpha value is -3.52. The minimum atomic E-state index is -0.381. The topological polar surface area (TPSA) is 80.7 Å². The Kier molecular flexibility index (Phi) is 5.91. The van der Waals surface area contributed by atoms with Gasteiger partial charge in [0.2, 0.25) is 0 Å². The third-order valence-electron chi connectivity index (χ3n) is 4.47. The molecule has 0 aliphatic carbocycles. The molecular weight excluding hydrogens is 336 g/mol. The van der Waals surface area contributed by atoms with Crippen molar-refractivity contribution in [3.8, 4) is 6.07 Å². The van der Waals surface area contributed by atoms with Gasteiger partial charge in [-0.3, -0.25) is 4.79 Å². The highest BCUT2D eigenvalue weighted by Crippen LogP contribution is 2.17. The molecule has 1 amide bonds. The highest BCUT2D eigenvalue weighted by Gasteiger charge is 2.13. The van der Waals surface area contributed by atoms with Crippen molar-refractivity contribution in [3.05, 3.63) is 83.7 Å². The number of aromatic amines is 1. The zero-order valence-electron chi connectivity index (χ0n) is 15.2. The molecule has 2 aromatic carbocycles. The number of amides is 1. The Labute approximate surface area is 158 Å². The summed E-state index contributed by atoms with van der Waals surface area (Å²) in [5.41, 5.74) is 3.37. The van der Waals surface area contributed by atoms with Gasteiger partial charge < -0.3 is 15.6 Å². The largest absolute Gasteiger partial charge is 0.389 e. The van der Waals surface area contributed by atoms with E-state index < -0.39 is 0 Å². The molecule has 1 aromatic heterocycles. The number of hydrogen-bond acceptors (Lipinski definition) is 3. The van der Waals surface area contributed by atoms with Crippen LogP contribution >= 0.6 is 0 Å². The van der Waals surface area contributed by atoms with Gasteiger partial charge in [0, 0.05) is 29.8 Å². The Morgan fingerprint density at radius 3 is 2.70 bits per heavy atom. The molecule has 3 aromatic rings. The van der Waals surface area contributed by atoms with Crippen LogP contribution in [0.3, 0.4) is 0 Å². The SMILES string of the molecule is CC(NC(=O)/C(C#N)=C\NCCc1c[nH]c2ccccc12)c1ccccc1. The zero-order chi connectivity index (χ0) is 19.1. The number of nitriles is 1. The molecule has 3 N–H and O–H groups in total. The van der Waals surface area contributed by atoms with Gasteiger partial charge in [0.15, 0.2) is 0 Å². The number of rotatable bonds is 7. The average molecular weight is 358 g/mol. The fourth-order valence-electron chi connectivity index (χ4n) is 2.97. The molecule has 1 unspecified atom stereocenters. The second kappa shape index (κ2) is 8.72. The molecule has 136 valence electrons. The number of nitrogens with one attached hydrogen (secondary N) is 3. The van der Waals surface area contributed by atoms with E-state index in [1.54, 1.807) is 0 Å². The molecule has 0 radical (unpaired) electrons. The first kappa shape index (κ1) is 18.3. The third kappa shape index (κ3) is 4.56. The van der Waals surface area contributed by atoms with Crippen LogP contribution in [-0.2, 0) is 11.2 Å². The van der Waals surface area contributed by atoms with Crippen LogP contribution in [0.5, 0.6) is 0 Å². The number of benzene rings is 2. The van der Waals surface area contributed by atoms with E-state index in [0.29, 0.717) is 6.54 Å². The lowest BCUT2D eigenvalue weighted by Gasteiger charge is -2.13. The van der Waals surface area contributed by atoms with Crippen LogP contribution in [0.15, 0.2) is 72.6 Å². The molecule has 0 spiro atoms. The van der Waals surface area contributed by atoms with Crippen molar-refractivity contribution < 1.29 is 4.79 Å². The summed E-state index contributed by atoms with van der Waals surface area (Å²) in [6.45, 7) is 2.53. The van der Waals surface area contributed by atoms with Crippen LogP contribution in [0.2, 0.25) is 0 Å². The van der Waals surface area contributed by atoms with Crippen LogP contribution in [0.25, 0.3) is 10.9 Å². The van der Waals surface area contributed by atoms with E-state index in [0.717, 1.165) is 17.5 Å². The first-order valence-corrected chi connectivity index (χ1v) is 8.93. The normalized spacial score (nSPS) is 12.4. The zero-order valence-corrected chi connectivity index (χ0v) is 15.2. The standard InChI is InChI=1S/C22H22N4O/c1-16(17-7-3-2-4-8-17)26-22(27)19(13-23)14-24-12-11-18-15-25-21-10-6-5-9-20(18)21/h2-10,14-16,24-25H,11-12H2,1H3,(H,26,27)/b19-14-. The number of carbonyl (C=O) groups excluding carboxylic acids is 1. The summed E-state index contributed by atoms with van der Waals surface area (Å²) in [7, 11) is 0. The first-order valence-electron chi connectivity index (χ1n) is 8.93. The molecule has 0 saturated heterocycles. The molecule has 0 saturated carbocycles. The van der Waals surface area contributed by atoms with Crippen LogP contribution < -0.4 is 10.6 Å². The molecule has 0 aliphatic rings. The van der Waals surface area contributed by atoms with E-state index >= 15 is 0 Å². The molecular formula is C22H22N4O. The maximum Gasteiger partial charge on any atom is 0.263 e. The average Bonchev–Trinajstić information content (AvgIpc) is 3.12. The number of H-pyrrole nitrogens is 1. The van der Waals surface area contributed by atoms with E-state index in [-0.39, 0.29) is 17.5 Å². The minimum absolute atomic E-state index is 0.0664. The van der Waals surface area contributed by atoms with Gasteiger partial charge in [0.1, 0.15) is 11.6 Å². The number of hydrogen-bond donors (Lipinski definition) is 3. The number of carbonyl (C=O) groups is 1. The highest BCUT2D eigenvalue weighted by atomic mass is 16.1. The van der Waals surface area contributed by atoms with Crippen molar-refractivity contribution in [2.45, 2.75) is 19.4 Å². The lowest BCUT2D eigenvalue weighted by atomic mass is 10.1. The van der Waals surface area contributed by atoms with Gasteiger partial charge in [-0.25, -0.2) is 0 Å². The molecule has 3 rings (SSSR count). The fourth-order valence-corrected chi connectivity index (χ4v) is 2.97.